The van der Waals surface area contributed by atoms with Gasteiger partial charge in [0.15, 0.2) is 0 Å². The van der Waals surface area contributed by atoms with Crippen molar-refractivity contribution in [3.8, 4) is 0 Å². The van der Waals surface area contributed by atoms with E-state index in [1.54, 1.807) is 6.07 Å². The second-order valence-electron chi connectivity index (χ2n) is 8.97. The summed E-state index contributed by atoms with van der Waals surface area (Å²) in [5.41, 5.74) is 5.08. The molecule has 1 amide bonds. The Morgan fingerprint density at radius 3 is 1.83 bits per heavy atom. The smallest absolute Gasteiger partial charge is 0.336 e. The number of carbonyl (C=O) groups excluding carboxylic acids is 1. The SMILES string of the molecule is CC(C)N(C(=O)c1cccc2c1C1(CCc3cccc(C(=O)O)c31)CC2)C(C)C. The third kappa shape index (κ3) is 2.88. The van der Waals surface area contributed by atoms with Gasteiger partial charge in [0, 0.05) is 23.1 Å². The molecule has 2 aromatic carbocycles. The monoisotopic (exact) mass is 391 g/mol. The minimum absolute atomic E-state index is 0.0504. The van der Waals surface area contributed by atoms with E-state index in [-0.39, 0.29) is 23.4 Å². The summed E-state index contributed by atoms with van der Waals surface area (Å²) in [4.78, 5) is 27.6. The Bertz CT molecular complexity index is 980. The number of hydrogen-bond donors (Lipinski definition) is 1. The van der Waals surface area contributed by atoms with Gasteiger partial charge in [0.05, 0.1) is 5.56 Å². The predicted octanol–water partition coefficient (Wildman–Crippen LogP) is 4.82. The normalized spacial score (nSPS) is 19.7. The molecular formula is C25H29NO3. The number of hydrogen-bond acceptors (Lipinski definition) is 2. The molecule has 4 rings (SSSR count). The van der Waals surface area contributed by atoms with E-state index in [9.17, 15) is 14.7 Å². The molecule has 0 aliphatic heterocycles. The highest BCUT2D eigenvalue weighted by atomic mass is 16.4. The van der Waals surface area contributed by atoms with Gasteiger partial charge in [-0.25, -0.2) is 4.79 Å². The number of carbonyl (C=O) groups is 2. The Hall–Kier alpha value is -2.62. The van der Waals surface area contributed by atoms with Gasteiger partial charge in [0.1, 0.15) is 0 Å². The number of rotatable bonds is 4. The zero-order chi connectivity index (χ0) is 20.9. The second-order valence-corrected chi connectivity index (χ2v) is 8.97. The average Bonchev–Trinajstić information content (AvgIpc) is 3.23. The Labute approximate surface area is 172 Å². The Morgan fingerprint density at radius 2 is 1.34 bits per heavy atom. The molecule has 152 valence electrons. The Morgan fingerprint density at radius 1 is 0.862 bits per heavy atom. The van der Waals surface area contributed by atoms with Crippen molar-refractivity contribution in [2.24, 2.45) is 0 Å². The van der Waals surface area contributed by atoms with Crippen LogP contribution in [0.3, 0.4) is 0 Å². The number of carboxylic acid groups (broad SMARTS) is 1. The van der Waals surface area contributed by atoms with Crippen LogP contribution in [-0.4, -0.2) is 34.0 Å². The number of carboxylic acids is 1. The Balaban J connectivity index is 1.94. The third-order valence-electron chi connectivity index (χ3n) is 6.71. The van der Waals surface area contributed by atoms with Crippen LogP contribution in [0.25, 0.3) is 0 Å². The van der Waals surface area contributed by atoms with E-state index in [1.165, 1.54) is 5.56 Å². The van der Waals surface area contributed by atoms with Gasteiger partial charge in [-0.1, -0.05) is 24.3 Å². The summed E-state index contributed by atoms with van der Waals surface area (Å²) in [6.07, 6.45) is 3.48. The van der Waals surface area contributed by atoms with Gasteiger partial charge in [-0.3, -0.25) is 4.79 Å². The minimum Gasteiger partial charge on any atom is -0.478 e. The fourth-order valence-electron chi connectivity index (χ4n) is 5.75. The van der Waals surface area contributed by atoms with E-state index in [2.05, 4.69) is 6.07 Å². The molecule has 0 aromatic heterocycles. The van der Waals surface area contributed by atoms with Crippen molar-refractivity contribution in [1.29, 1.82) is 0 Å². The van der Waals surface area contributed by atoms with Gasteiger partial charge in [-0.2, -0.15) is 0 Å². The molecule has 1 atom stereocenters. The quantitative estimate of drug-likeness (QED) is 0.813. The largest absolute Gasteiger partial charge is 0.478 e. The van der Waals surface area contributed by atoms with Crippen molar-refractivity contribution in [3.63, 3.8) is 0 Å². The highest BCUT2D eigenvalue weighted by Crippen LogP contribution is 2.54. The molecule has 4 nitrogen and oxygen atoms in total. The maximum atomic E-state index is 13.7. The maximum Gasteiger partial charge on any atom is 0.336 e. The van der Waals surface area contributed by atoms with Crippen LogP contribution in [0.1, 0.15) is 83.5 Å². The lowest BCUT2D eigenvalue weighted by Crippen LogP contribution is -2.43. The van der Waals surface area contributed by atoms with Crippen LogP contribution in [-0.2, 0) is 18.3 Å². The van der Waals surface area contributed by atoms with E-state index < -0.39 is 5.97 Å². The van der Waals surface area contributed by atoms with Gasteiger partial charge >= 0.3 is 5.97 Å². The lowest BCUT2D eigenvalue weighted by atomic mass is 9.73. The first kappa shape index (κ1) is 19.7. The Kier molecular flexibility index (Phi) is 4.76. The van der Waals surface area contributed by atoms with Crippen LogP contribution in [0.5, 0.6) is 0 Å². The van der Waals surface area contributed by atoms with Crippen LogP contribution in [0.2, 0.25) is 0 Å². The molecule has 0 fully saturated rings. The molecule has 0 bridgehead atoms. The zero-order valence-electron chi connectivity index (χ0n) is 17.7. The van der Waals surface area contributed by atoms with Crippen LogP contribution >= 0.6 is 0 Å². The fraction of sp³-hybridized carbons (Fsp3) is 0.440. The molecule has 0 radical (unpaired) electrons. The van der Waals surface area contributed by atoms with Crippen molar-refractivity contribution in [2.45, 2.75) is 70.9 Å². The predicted molar refractivity (Wildman–Crippen MR) is 114 cm³/mol. The van der Waals surface area contributed by atoms with Crippen molar-refractivity contribution >= 4 is 11.9 Å². The summed E-state index contributed by atoms with van der Waals surface area (Å²) in [6, 6.07) is 11.8. The molecule has 1 unspecified atom stereocenters. The topological polar surface area (TPSA) is 57.6 Å². The van der Waals surface area contributed by atoms with E-state index in [0.29, 0.717) is 5.56 Å². The summed E-state index contributed by atoms with van der Waals surface area (Å²) in [7, 11) is 0. The molecule has 2 aromatic rings. The first-order valence-corrected chi connectivity index (χ1v) is 10.6. The first-order chi connectivity index (χ1) is 13.8. The number of nitrogens with zero attached hydrogens (tertiary/aromatic N) is 1. The maximum absolute atomic E-state index is 13.7. The van der Waals surface area contributed by atoms with E-state index in [0.717, 1.165) is 47.9 Å². The van der Waals surface area contributed by atoms with Gasteiger partial charge in [0.25, 0.3) is 5.91 Å². The number of benzene rings is 2. The van der Waals surface area contributed by atoms with Crippen LogP contribution < -0.4 is 0 Å². The minimum atomic E-state index is -0.883. The van der Waals surface area contributed by atoms with Crippen molar-refractivity contribution in [2.75, 3.05) is 0 Å². The highest BCUT2D eigenvalue weighted by Gasteiger charge is 2.49. The highest BCUT2D eigenvalue weighted by molar-refractivity contribution is 5.98. The van der Waals surface area contributed by atoms with Gasteiger partial charge in [-0.15, -0.1) is 0 Å². The summed E-state index contributed by atoms with van der Waals surface area (Å²) < 4.78 is 0. The summed E-state index contributed by atoms with van der Waals surface area (Å²) in [5.74, 6) is -0.833. The van der Waals surface area contributed by atoms with Crippen molar-refractivity contribution in [1.82, 2.24) is 4.90 Å². The van der Waals surface area contributed by atoms with Gasteiger partial charge in [0.2, 0.25) is 0 Å². The number of amides is 1. The summed E-state index contributed by atoms with van der Waals surface area (Å²) in [6.45, 7) is 8.18. The average molecular weight is 392 g/mol. The molecule has 0 heterocycles. The molecule has 4 heteroatoms. The molecule has 1 spiro atoms. The van der Waals surface area contributed by atoms with Crippen LogP contribution in [0.15, 0.2) is 36.4 Å². The molecule has 1 N–H and O–H groups in total. The van der Waals surface area contributed by atoms with Crippen LogP contribution in [0, 0.1) is 0 Å². The van der Waals surface area contributed by atoms with Crippen molar-refractivity contribution < 1.29 is 14.7 Å². The zero-order valence-corrected chi connectivity index (χ0v) is 17.7. The lowest BCUT2D eigenvalue weighted by Gasteiger charge is -2.34. The van der Waals surface area contributed by atoms with E-state index >= 15 is 0 Å². The molecule has 2 aliphatic carbocycles. The molecular weight excluding hydrogens is 362 g/mol. The van der Waals surface area contributed by atoms with E-state index in [4.69, 9.17) is 0 Å². The summed E-state index contributed by atoms with van der Waals surface area (Å²) in [5, 5.41) is 9.88. The van der Waals surface area contributed by atoms with Gasteiger partial charge in [-0.05, 0) is 87.8 Å². The number of aryl methyl sites for hydroxylation is 2. The number of fused-ring (bicyclic) bond motifs is 4. The van der Waals surface area contributed by atoms with Crippen LogP contribution in [0.4, 0.5) is 0 Å². The van der Waals surface area contributed by atoms with E-state index in [1.807, 2.05) is 56.9 Å². The third-order valence-corrected chi connectivity index (χ3v) is 6.71. The first-order valence-electron chi connectivity index (χ1n) is 10.6. The number of aromatic carboxylic acids is 1. The van der Waals surface area contributed by atoms with Gasteiger partial charge < -0.3 is 10.0 Å². The molecule has 29 heavy (non-hydrogen) atoms. The standard InChI is InChI=1S/C25H29NO3/c1-15(2)26(16(3)4)23(27)19-9-5-7-17-11-13-25(21(17)19)14-12-18-8-6-10-20(22(18)25)24(28)29/h5-10,15-16H,11-14H2,1-4H3,(H,28,29). The fourth-order valence-corrected chi connectivity index (χ4v) is 5.75. The molecule has 0 saturated heterocycles. The molecule has 0 saturated carbocycles. The summed E-state index contributed by atoms with van der Waals surface area (Å²) >= 11 is 0. The second kappa shape index (κ2) is 7.01. The van der Waals surface area contributed by atoms with Crippen molar-refractivity contribution in [3.05, 3.63) is 69.8 Å². The molecule has 2 aliphatic rings. The lowest BCUT2D eigenvalue weighted by molar-refractivity contribution is 0.0640.